The minimum absolute atomic E-state index is 0.0571. The Morgan fingerprint density at radius 3 is 1.94 bits per heavy atom. The number of hydrogen-bond acceptors (Lipinski definition) is 2. The van der Waals surface area contributed by atoms with Crippen molar-refractivity contribution in [2.45, 2.75) is 33.7 Å². The van der Waals surface area contributed by atoms with Gasteiger partial charge in [-0.05, 0) is 27.7 Å². The summed E-state index contributed by atoms with van der Waals surface area (Å²) in [6.45, 7) is 7.26. The first kappa shape index (κ1) is 15.4. The highest BCUT2D eigenvalue weighted by atomic mass is 16.2. The molecule has 0 radical (unpaired) electrons. The van der Waals surface area contributed by atoms with Crippen LogP contribution in [0.25, 0.3) is 0 Å². The number of carbonyl (C=O) groups excluding carboxylic acids is 2. The Bertz CT molecular complexity index is 352. The summed E-state index contributed by atoms with van der Waals surface area (Å²) >= 11 is 0. The van der Waals surface area contributed by atoms with Gasteiger partial charge in [0.15, 0.2) is 0 Å². The highest BCUT2D eigenvalue weighted by molar-refractivity contribution is 5.95. The second-order valence-corrected chi connectivity index (χ2v) is 4.53. The topological polar surface area (TPSA) is 49.4 Å². The molecule has 0 aliphatic carbocycles. The second kappa shape index (κ2) is 6.89. The molecule has 0 saturated carbocycles. The highest BCUT2D eigenvalue weighted by Crippen LogP contribution is 2.01. The molecule has 0 aromatic rings. The molecule has 0 saturated heterocycles. The zero-order valence-electron chi connectivity index (χ0n) is 11.5. The third kappa shape index (κ3) is 5.90. The Morgan fingerprint density at radius 1 is 1.06 bits per heavy atom. The van der Waals surface area contributed by atoms with Crippen LogP contribution < -0.4 is 5.32 Å². The molecule has 2 amide bonds. The summed E-state index contributed by atoms with van der Waals surface area (Å²) in [5, 5.41) is 2.79. The minimum atomic E-state index is -0.110. The van der Waals surface area contributed by atoms with E-state index in [1.807, 2.05) is 13.8 Å². The zero-order valence-corrected chi connectivity index (χ0v) is 11.5. The lowest BCUT2D eigenvalue weighted by Crippen LogP contribution is -2.30. The van der Waals surface area contributed by atoms with Crippen LogP contribution in [0.4, 0.5) is 0 Å². The molecule has 0 heterocycles. The lowest BCUT2D eigenvalue weighted by Gasteiger charge is -2.10. The summed E-state index contributed by atoms with van der Waals surface area (Å²) in [6.07, 6.45) is 3.33. The fraction of sp³-hybridized carbons (Fsp3) is 0.538. The van der Waals surface area contributed by atoms with Crippen molar-refractivity contribution < 1.29 is 9.59 Å². The molecule has 4 nitrogen and oxygen atoms in total. The van der Waals surface area contributed by atoms with Crippen LogP contribution in [0, 0.1) is 0 Å². The SMILES string of the molecule is C/C(=C\C=C(/C)C(=O)N(C)C)C(=O)NC(C)C. The van der Waals surface area contributed by atoms with Gasteiger partial charge in [-0.1, -0.05) is 12.2 Å². The van der Waals surface area contributed by atoms with Gasteiger partial charge >= 0.3 is 0 Å². The molecule has 0 fully saturated rings. The summed E-state index contributed by atoms with van der Waals surface area (Å²) < 4.78 is 0. The predicted octanol–water partition coefficient (Wildman–Crippen LogP) is 1.49. The third-order valence-electron chi connectivity index (χ3n) is 2.10. The molecule has 0 aromatic carbocycles. The van der Waals surface area contributed by atoms with Gasteiger partial charge in [0.2, 0.25) is 11.8 Å². The number of rotatable bonds is 4. The smallest absolute Gasteiger partial charge is 0.248 e. The van der Waals surface area contributed by atoms with Gasteiger partial charge in [0.25, 0.3) is 0 Å². The molecule has 96 valence electrons. The van der Waals surface area contributed by atoms with Gasteiger partial charge in [0, 0.05) is 31.3 Å². The van der Waals surface area contributed by atoms with E-state index in [-0.39, 0.29) is 17.9 Å². The molecular formula is C13H22N2O2. The van der Waals surface area contributed by atoms with Crippen LogP contribution in [0.2, 0.25) is 0 Å². The van der Waals surface area contributed by atoms with Gasteiger partial charge < -0.3 is 10.2 Å². The Morgan fingerprint density at radius 2 is 1.53 bits per heavy atom. The van der Waals surface area contributed by atoms with Crippen molar-refractivity contribution in [3.05, 3.63) is 23.3 Å². The molecule has 0 aromatic heterocycles. The third-order valence-corrected chi connectivity index (χ3v) is 2.10. The quantitative estimate of drug-likeness (QED) is 0.596. The van der Waals surface area contributed by atoms with E-state index in [0.717, 1.165) is 0 Å². The summed E-state index contributed by atoms with van der Waals surface area (Å²) in [4.78, 5) is 24.6. The summed E-state index contributed by atoms with van der Waals surface area (Å²) in [5.74, 6) is -0.167. The second-order valence-electron chi connectivity index (χ2n) is 4.53. The van der Waals surface area contributed by atoms with Crippen LogP contribution in [-0.4, -0.2) is 36.9 Å². The maximum Gasteiger partial charge on any atom is 0.248 e. The molecule has 0 spiro atoms. The predicted molar refractivity (Wildman–Crippen MR) is 69.5 cm³/mol. The monoisotopic (exact) mass is 238 g/mol. The van der Waals surface area contributed by atoms with Crippen LogP contribution in [0.5, 0.6) is 0 Å². The van der Waals surface area contributed by atoms with Crippen molar-refractivity contribution in [3.63, 3.8) is 0 Å². The Labute approximate surface area is 103 Å². The van der Waals surface area contributed by atoms with Gasteiger partial charge in [-0.3, -0.25) is 9.59 Å². The Balaban J connectivity index is 4.65. The van der Waals surface area contributed by atoms with Crippen LogP contribution in [0.3, 0.4) is 0 Å². The molecule has 1 N–H and O–H groups in total. The highest BCUT2D eigenvalue weighted by Gasteiger charge is 2.07. The van der Waals surface area contributed by atoms with Crippen molar-refractivity contribution in [1.82, 2.24) is 10.2 Å². The van der Waals surface area contributed by atoms with Gasteiger partial charge in [-0.15, -0.1) is 0 Å². The van der Waals surface area contributed by atoms with Crippen molar-refractivity contribution in [1.29, 1.82) is 0 Å². The number of hydrogen-bond donors (Lipinski definition) is 1. The Hall–Kier alpha value is -1.58. The lowest BCUT2D eigenvalue weighted by atomic mass is 10.2. The lowest BCUT2D eigenvalue weighted by molar-refractivity contribution is -0.124. The molecular weight excluding hydrogens is 216 g/mol. The number of likely N-dealkylation sites (N-methyl/N-ethyl adjacent to an activating group) is 1. The van der Waals surface area contributed by atoms with E-state index >= 15 is 0 Å². The maximum absolute atomic E-state index is 11.6. The minimum Gasteiger partial charge on any atom is -0.350 e. The number of amides is 2. The first-order valence-electron chi connectivity index (χ1n) is 5.63. The van der Waals surface area contributed by atoms with Crippen LogP contribution in [-0.2, 0) is 9.59 Å². The number of carbonyl (C=O) groups is 2. The van der Waals surface area contributed by atoms with Crippen molar-refractivity contribution in [3.8, 4) is 0 Å². The summed E-state index contributed by atoms with van der Waals surface area (Å²) in [5.41, 5.74) is 1.19. The number of nitrogens with zero attached hydrogens (tertiary/aromatic N) is 1. The fourth-order valence-electron chi connectivity index (χ4n) is 1.13. The summed E-state index contributed by atoms with van der Waals surface area (Å²) in [6, 6.07) is 0.110. The van der Waals surface area contributed by atoms with Crippen LogP contribution in [0.1, 0.15) is 27.7 Å². The van der Waals surface area contributed by atoms with E-state index in [1.165, 1.54) is 4.90 Å². The number of nitrogens with one attached hydrogen (secondary N) is 1. The standard InChI is InChI=1S/C13H22N2O2/c1-9(2)14-12(16)10(3)7-8-11(4)13(17)15(5)6/h7-9H,1-6H3,(H,14,16)/b10-7+,11-8+. The molecule has 0 rings (SSSR count). The van der Waals surface area contributed by atoms with Gasteiger partial charge in [-0.25, -0.2) is 0 Å². The van der Waals surface area contributed by atoms with E-state index in [4.69, 9.17) is 0 Å². The average molecular weight is 238 g/mol. The molecule has 0 unspecified atom stereocenters. The van der Waals surface area contributed by atoms with Crippen molar-refractivity contribution in [2.24, 2.45) is 0 Å². The van der Waals surface area contributed by atoms with Gasteiger partial charge in [0.05, 0.1) is 0 Å². The molecule has 0 aliphatic rings. The van der Waals surface area contributed by atoms with Crippen LogP contribution >= 0.6 is 0 Å². The summed E-state index contributed by atoms with van der Waals surface area (Å²) in [7, 11) is 3.39. The van der Waals surface area contributed by atoms with Crippen molar-refractivity contribution in [2.75, 3.05) is 14.1 Å². The molecule has 17 heavy (non-hydrogen) atoms. The number of allylic oxidation sites excluding steroid dienone is 2. The molecule has 0 bridgehead atoms. The first-order valence-corrected chi connectivity index (χ1v) is 5.63. The van der Waals surface area contributed by atoms with E-state index in [9.17, 15) is 9.59 Å². The zero-order chi connectivity index (χ0) is 13.6. The van der Waals surface area contributed by atoms with E-state index in [2.05, 4.69) is 5.32 Å². The first-order chi connectivity index (χ1) is 7.75. The normalized spacial score (nSPS) is 12.6. The van der Waals surface area contributed by atoms with E-state index < -0.39 is 0 Å². The van der Waals surface area contributed by atoms with Crippen molar-refractivity contribution >= 4 is 11.8 Å². The Kier molecular flexibility index (Phi) is 6.25. The largest absolute Gasteiger partial charge is 0.350 e. The molecule has 0 atom stereocenters. The molecule has 4 heteroatoms. The van der Waals surface area contributed by atoms with Crippen LogP contribution in [0.15, 0.2) is 23.3 Å². The molecule has 0 aliphatic heterocycles. The maximum atomic E-state index is 11.6. The average Bonchev–Trinajstić information content (AvgIpc) is 2.22. The van der Waals surface area contributed by atoms with E-state index in [1.54, 1.807) is 40.1 Å². The fourth-order valence-corrected chi connectivity index (χ4v) is 1.13. The van der Waals surface area contributed by atoms with E-state index in [0.29, 0.717) is 11.1 Å². The van der Waals surface area contributed by atoms with Gasteiger partial charge in [-0.2, -0.15) is 0 Å². The van der Waals surface area contributed by atoms with Gasteiger partial charge in [0.1, 0.15) is 0 Å².